The Kier molecular flexibility index (Phi) is 48.1. The van der Waals surface area contributed by atoms with Crippen molar-refractivity contribution >= 4 is 5.91 Å². The highest BCUT2D eigenvalue weighted by Gasteiger charge is 2.24. The molecule has 368 valence electrons. The van der Waals surface area contributed by atoms with Gasteiger partial charge in [-0.1, -0.05) is 147 Å². The summed E-state index contributed by atoms with van der Waals surface area (Å²) in [4.78, 5) is 13.3. The van der Waals surface area contributed by atoms with Crippen LogP contribution in [-0.4, -0.2) is 109 Å². The molecule has 0 aromatic carbocycles. The quantitative estimate of drug-likeness (QED) is 0.0234. The van der Waals surface area contributed by atoms with Crippen LogP contribution in [0.3, 0.4) is 0 Å². The summed E-state index contributed by atoms with van der Waals surface area (Å²) in [6.07, 6.45) is 48.6. The van der Waals surface area contributed by atoms with Crippen molar-refractivity contribution in [1.82, 2.24) is 16.0 Å². The molecule has 0 saturated heterocycles. The molecule has 0 aromatic rings. The predicted molar refractivity (Wildman–Crippen MR) is 271 cm³/mol. The molecule has 0 aliphatic rings. The largest absolute Gasteiger partial charge is 0.379 e. The maximum absolute atomic E-state index is 13.3. The van der Waals surface area contributed by atoms with Crippen LogP contribution < -0.4 is 27.4 Å². The van der Waals surface area contributed by atoms with E-state index < -0.39 is 0 Å². The summed E-state index contributed by atoms with van der Waals surface area (Å²) in [5.74, 6) is 0.0829. The Balaban J connectivity index is 4.65. The van der Waals surface area contributed by atoms with Crippen LogP contribution in [0.25, 0.3) is 0 Å². The Morgan fingerprint density at radius 1 is 0.548 bits per heavy atom. The van der Waals surface area contributed by atoms with Crippen molar-refractivity contribution in [3.8, 4) is 0 Å². The van der Waals surface area contributed by atoms with Crippen LogP contribution in [0.4, 0.5) is 0 Å². The molecule has 0 aromatic heterocycles. The monoisotopic (exact) mass is 878 g/mol. The Morgan fingerprint density at radius 2 is 1.00 bits per heavy atom. The third-order valence-corrected chi connectivity index (χ3v) is 12.1. The molecule has 1 amide bonds. The number of unbranched alkanes of at least 4 members (excludes halogenated alkanes) is 23. The molecule has 0 saturated carbocycles. The Hall–Kier alpha value is -1.33. The number of rotatable bonds is 51. The van der Waals surface area contributed by atoms with Gasteiger partial charge in [-0.05, 0) is 123 Å². The highest BCUT2D eigenvalue weighted by atomic mass is 16.5. The smallest absolute Gasteiger partial charge is 0.237 e. The average Bonchev–Trinajstić information content (AvgIpc) is 3.26. The number of likely N-dealkylation sites (N-methyl/N-ethyl adjacent to an activating group) is 1. The topological polar surface area (TPSA) is 124 Å². The number of hydrogen-bond donors (Lipinski definition) is 5. The molecule has 0 spiro atoms. The highest BCUT2D eigenvalue weighted by molar-refractivity contribution is 5.81. The van der Waals surface area contributed by atoms with E-state index >= 15 is 0 Å². The summed E-state index contributed by atoms with van der Waals surface area (Å²) < 4.78 is 13.6. The molecular formula is C53H109N6O3+. The van der Waals surface area contributed by atoms with Crippen LogP contribution in [0, 0.1) is 0 Å². The van der Waals surface area contributed by atoms with Crippen molar-refractivity contribution in [2.24, 2.45) is 11.5 Å². The molecule has 62 heavy (non-hydrogen) atoms. The van der Waals surface area contributed by atoms with E-state index in [9.17, 15) is 4.79 Å². The summed E-state index contributed by atoms with van der Waals surface area (Å²) in [6.45, 7) is 13.0. The van der Waals surface area contributed by atoms with Gasteiger partial charge in [0.1, 0.15) is 12.6 Å². The summed E-state index contributed by atoms with van der Waals surface area (Å²) >= 11 is 0. The number of amides is 1. The van der Waals surface area contributed by atoms with Crippen LogP contribution in [0.15, 0.2) is 24.3 Å². The standard InChI is InChI=1S/C53H108N6O3/c1-5-7-9-11-13-15-17-19-21-23-24-26-28-30-32-34-47-61-50-51(62-48-35-33-31-29-27-25-22-20-18-16-14-12-10-8-6-2)49-59(3,4)46-45-58-53(60)52(57-44-38-41-55)39-36-42-56-43-37-40-54/h20-23,51-52,56-57H,5-19,24-50,54-55H2,1-4H3/p+1/b22-20+,23-21+. The SMILES string of the molecule is CCCCCCCC/C=C/CCCCCCCOC(COCCCCCCC/C=C/CCCCCCCCC)C[N+](C)(C)CCNC(=O)C(CCCNCCCN)NCCCN. The van der Waals surface area contributed by atoms with Gasteiger partial charge in [-0.2, -0.15) is 0 Å². The number of carbonyl (C=O) groups is 1. The fourth-order valence-corrected chi connectivity index (χ4v) is 7.98. The number of nitrogens with two attached hydrogens (primary N) is 2. The van der Waals surface area contributed by atoms with Crippen molar-refractivity contribution in [3.05, 3.63) is 24.3 Å². The molecule has 9 nitrogen and oxygen atoms in total. The van der Waals surface area contributed by atoms with E-state index in [4.69, 9.17) is 20.9 Å². The van der Waals surface area contributed by atoms with E-state index in [-0.39, 0.29) is 18.1 Å². The lowest BCUT2D eigenvalue weighted by molar-refractivity contribution is -0.892. The molecule has 0 radical (unpaired) electrons. The predicted octanol–water partition coefficient (Wildman–Crippen LogP) is 11.3. The Labute approximate surface area is 386 Å². The maximum atomic E-state index is 13.3. The number of nitrogens with zero attached hydrogens (tertiary/aromatic N) is 1. The lowest BCUT2D eigenvalue weighted by Crippen LogP contribution is -2.52. The third kappa shape index (κ3) is 45.2. The summed E-state index contributed by atoms with van der Waals surface area (Å²) in [5, 5.41) is 10.1. The number of carbonyl (C=O) groups excluding carboxylic acids is 1. The number of allylic oxidation sites excluding steroid dienone is 4. The van der Waals surface area contributed by atoms with E-state index in [0.29, 0.717) is 26.2 Å². The molecule has 0 bridgehead atoms. The fraction of sp³-hybridized carbons (Fsp3) is 0.906. The van der Waals surface area contributed by atoms with Gasteiger partial charge in [-0.15, -0.1) is 0 Å². The molecular weight excluding hydrogens is 769 g/mol. The van der Waals surface area contributed by atoms with E-state index in [0.717, 1.165) is 88.9 Å². The van der Waals surface area contributed by atoms with E-state index in [1.165, 1.54) is 161 Å². The number of nitrogens with one attached hydrogen (secondary N) is 3. The first-order valence-corrected chi connectivity index (χ1v) is 26.8. The zero-order chi connectivity index (χ0) is 45.3. The van der Waals surface area contributed by atoms with E-state index in [1.807, 2.05) is 0 Å². The van der Waals surface area contributed by atoms with E-state index in [2.05, 4.69) is 68.2 Å². The zero-order valence-corrected chi connectivity index (χ0v) is 42.0. The Bertz CT molecular complexity index is 964. The van der Waals surface area contributed by atoms with Gasteiger partial charge in [-0.3, -0.25) is 4.79 Å². The molecule has 0 heterocycles. The molecule has 0 aliphatic carbocycles. The third-order valence-electron chi connectivity index (χ3n) is 12.1. The van der Waals surface area contributed by atoms with Crippen LogP contribution in [0.2, 0.25) is 0 Å². The van der Waals surface area contributed by atoms with Gasteiger partial charge in [0.05, 0.1) is 39.8 Å². The van der Waals surface area contributed by atoms with Gasteiger partial charge in [0, 0.05) is 13.2 Å². The zero-order valence-electron chi connectivity index (χ0n) is 42.0. The minimum Gasteiger partial charge on any atom is -0.379 e. The average molecular weight is 878 g/mol. The second kappa shape index (κ2) is 49.1. The maximum Gasteiger partial charge on any atom is 0.237 e. The van der Waals surface area contributed by atoms with Gasteiger partial charge in [0.15, 0.2) is 0 Å². The van der Waals surface area contributed by atoms with Gasteiger partial charge in [0.25, 0.3) is 0 Å². The van der Waals surface area contributed by atoms with Gasteiger partial charge in [-0.25, -0.2) is 0 Å². The van der Waals surface area contributed by atoms with Gasteiger partial charge >= 0.3 is 0 Å². The fourth-order valence-electron chi connectivity index (χ4n) is 7.98. The van der Waals surface area contributed by atoms with Crippen molar-refractivity contribution < 1.29 is 18.8 Å². The first-order valence-electron chi connectivity index (χ1n) is 26.8. The molecule has 7 N–H and O–H groups in total. The molecule has 0 aliphatic heterocycles. The van der Waals surface area contributed by atoms with Crippen LogP contribution >= 0.6 is 0 Å². The normalized spacial score (nSPS) is 13.2. The highest BCUT2D eigenvalue weighted by Crippen LogP contribution is 2.13. The number of hydrogen-bond acceptors (Lipinski definition) is 7. The van der Waals surface area contributed by atoms with Crippen LogP contribution in [-0.2, 0) is 14.3 Å². The molecule has 2 atom stereocenters. The number of quaternary nitrogens is 1. The summed E-state index contributed by atoms with van der Waals surface area (Å²) in [7, 11) is 4.50. The summed E-state index contributed by atoms with van der Waals surface area (Å²) in [6, 6.07) is -0.203. The number of ether oxygens (including phenoxy) is 2. The minimum atomic E-state index is -0.203. The summed E-state index contributed by atoms with van der Waals surface area (Å²) in [5.41, 5.74) is 11.4. The first-order chi connectivity index (χ1) is 30.4. The lowest BCUT2D eigenvalue weighted by atomic mass is 10.1. The van der Waals surface area contributed by atoms with E-state index in [1.54, 1.807) is 0 Å². The molecule has 0 fully saturated rings. The van der Waals surface area contributed by atoms with Gasteiger partial charge in [0.2, 0.25) is 5.91 Å². The molecule has 2 unspecified atom stereocenters. The van der Waals surface area contributed by atoms with Crippen LogP contribution in [0.5, 0.6) is 0 Å². The molecule has 9 heteroatoms. The van der Waals surface area contributed by atoms with Crippen LogP contribution in [0.1, 0.15) is 213 Å². The first kappa shape index (κ1) is 60.7. The van der Waals surface area contributed by atoms with Crippen molar-refractivity contribution in [2.75, 3.05) is 86.3 Å². The lowest BCUT2D eigenvalue weighted by Gasteiger charge is -2.33. The second-order valence-corrected chi connectivity index (χ2v) is 18.9. The minimum absolute atomic E-state index is 0.0442. The van der Waals surface area contributed by atoms with Crippen molar-refractivity contribution in [3.63, 3.8) is 0 Å². The van der Waals surface area contributed by atoms with Crippen molar-refractivity contribution in [2.45, 2.75) is 225 Å². The Morgan fingerprint density at radius 3 is 1.52 bits per heavy atom. The molecule has 0 rings (SSSR count). The van der Waals surface area contributed by atoms with Gasteiger partial charge < -0.3 is 41.4 Å². The second-order valence-electron chi connectivity index (χ2n) is 18.9. The van der Waals surface area contributed by atoms with Crippen molar-refractivity contribution in [1.29, 1.82) is 0 Å².